The number of anilines is 2. The van der Waals surface area contributed by atoms with Crippen molar-refractivity contribution >= 4 is 44.4 Å². The lowest BCUT2D eigenvalue weighted by molar-refractivity contribution is 0.311. The number of rotatable bonds is 7. The Morgan fingerprint density at radius 1 is 1.21 bits per heavy atom. The molecule has 7 nitrogen and oxygen atoms in total. The van der Waals surface area contributed by atoms with Gasteiger partial charge < -0.3 is 20.7 Å². The number of pyridine rings is 1. The normalized spacial score (nSPS) is 14.9. The monoisotopic (exact) mass is 483 g/mol. The number of aromatic nitrogens is 3. The molecule has 4 aromatic rings. The highest BCUT2D eigenvalue weighted by Gasteiger charge is 2.35. The summed E-state index contributed by atoms with van der Waals surface area (Å²) in [5, 5.41) is 12.6. The lowest BCUT2D eigenvalue weighted by atomic mass is 10.00. The number of hydrogen-bond acceptors (Lipinski definition) is 8. The molecule has 0 aliphatic heterocycles. The van der Waals surface area contributed by atoms with Crippen molar-refractivity contribution in [3.8, 4) is 22.4 Å². The number of aliphatic hydroxyl groups is 1. The maximum Gasteiger partial charge on any atom is 0.232 e. The first-order valence-corrected chi connectivity index (χ1v) is 12.7. The Hall–Kier alpha value is -2.79. The van der Waals surface area contributed by atoms with Crippen LogP contribution >= 0.6 is 11.3 Å². The first-order chi connectivity index (χ1) is 16.1. The van der Waals surface area contributed by atoms with Crippen LogP contribution in [-0.4, -0.2) is 43.0 Å². The van der Waals surface area contributed by atoms with Crippen LogP contribution in [0.5, 0.6) is 0 Å². The number of nitrogens with two attached hydrogens (primary N) is 1. The highest BCUT2D eigenvalue weighted by atomic mass is 32.2. The van der Waals surface area contributed by atoms with Crippen LogP contribution in [0.4, 0.5) is 16.0 Å². The van der Waals surface area contributed by atoms with E-state index in [1.807, 2.05) is 0 Å². The molecule has 3 heterocycles. The van der Waals surface area contributed by atoms with Gasteiger partial charge in [0.1, 0.15) is 21.6 Å². The van der Waals surface area contributed by atoms with E-state index >= 15 is 0 Å². The molecular weight excluding hydrogens is 461 g/mol. The molecule has 1 fully saturated rings. The third-order valence-corrected chi connectivity index (χ3v) is 9.01. The average molecular weight is 484 g/mol. The van der Waals surface area contributed by atoms with Crippen molar-refractivity contribution in [1.29, 1.82) is 0 Å². The predicted molar refractivity (Wildman–Crippen MR) is 130 cm³/mol. The molecule has 1 saturated carbocycles. The maximum atomic E-state index is 14.8. The second kappa shape index (κ2) is 9.22. The topological polar surface area (TPSA) is 120 Å². The van der Waals surface area contributed by atoms with Gasteiger partial charge in [-0.1, -0.05) is 29.5 Å². The molecule has 1 aliphatic rings. The van der Waals surface area contributed by atoms with Gasteiger partial charge in [0.2, 0.25) is 10.2 Å². The van der Waals surface area contributed by atoms with Crippen molar-refractivity contribution in [2.75, 3.05) is 24.2 Å². The Labute approximate surface area is 197 Å². The highest BCUT2D eigenvalue weighted by molar-refractivity contribution is 7.94. The Balaban J connectivity index is 1.66. The van der Waals surface area contributed by atoms with E-state index in [1.165, 1.54) is 17.4 Å². The SMILES string of the molecule is Nc1c([S+]([O-])C2CCC2)sc2nc(-c3cnc(NCCO)nc3)cc(-c3ccccc3F)c12. The zero-order valence-corrected chi connectivity index (χ0v) is 19.3. The second-order valence-corrected chi connectivity index (χ2v) is 10.7. The summed E-state index contributed by atoms with van der Waals surface area (Å²) in [7, 11) is 0. The van der Waals surface area contributed by atoms with Gasteiger partial charge in [0.15, 0.2) is 0 Å². The van der Waals surface area contributed by atoms with Crippen molar-refractivity contribution in [1.82, 2.24) is 15.0 Å². The first kappa shape index (κ1) is 22.0. The molecule has 0 bridgehead atoms. The lowest BCUT2D eigenvalue weighted by Crippen LogP contribution is -2.28. The van der Waals surface area contributed by atoms with E-state index in [9.17, 15) is 8.94 Å². The third kappa shape index (κ3) is 4.15. The quantitative estimate of drug-likeness (QED) is 0.337. The van der Waals surface area contributed by atoms with Gasteiger partial charge in [-0.2, -0.15) is 0 Å². The van der Waals surface area contributed by atoms with Crippen LogP contribution in [0.2, 0.25) is 0 Å². The van der Waals surface area contributed by atoms with Gasteiger partial charge in [0.05, 0.1) is 12.3 Å². The van der Waals surface area contributed by atoms with Crippen LogP contribution in [0, 0.1) is 5.82 Å². The van der Waals surface area contributed by atoms with E-state index in [4.69, 9.17) is 15.8 Å². The van der Waals surface area contributed by atoms with E-state index in [-0.39, 0.29) is 17.7 Å². The molecule has 33 heavy (non-hydrogen) atoms. The molecule has 1 unspecified atom stereocenters. The molecule has 1 atom stereocenters. The number of benzene rings is 1. The fraction of sp³-hybridized carbons (Fsp3) is 0.261. The van der Waals surface area contributed by atoms with Crippen LogP contribution in [0.15, 0.2) is 46.9 Å². The smallest absolute Gasteiger partial charge is 0.232 e. The van der Waals surface area contributed by atoms with Crippen LogP contribution in [0.1, 0.15) is 19.3 Å². The Bertz CT molecular complexity index is 1290. The minimum Gasteiger partial charge on any atom is -0.611 e. The summed E-state index contributed by atoms with van der Waals surface area (Å²) in [5.74, 6) is 0.0183. The lowest BCUT2D eigenvalue weighted by Gasteiger charge is -2.27. The van der Waals surface area contributed by atoms with E-state index < -0.39 is 11.2 Å². The van der Waals surface area contributed by atoms with Crippen LogP contribution in [0.3, 0.4) is 0 Å². The van der Waals surface area contributed by atoms with Gasteiger partial charge in [0.25, 0.3) is 0 Å². The highest BCUT2D eigenvalue weighted by Crippen LogP contribution is 2.46. The Morgan fingerprint density at radius 3 is 2.64 bits per heavy atom. The Kier molecular flexibility index (Phi) is 6.15. The molecule has 0 spiro atoms. The summed E-state index contributed by atoms with van der Waals surface area (Å²) >= 11 is 0.101. The minimum atomic E-state index is -1.21. The fourth-order valence-corrected chi connectivity index (χ4v) is 6.96. The van der Waals surface area contributed by atoms with Crippen molar-refractivity contribution in [2.24, 2.45) is 0 Å². The average Bonchev–Trinajstić information content (AvgIpc) is 3.13. The van der Waals surface area contributed by atoms with Crippen LogP contribution in [0.25, 0.3) is 32.6 Å². The van der Waals surface area contributed by atoms with Crippen LogP contribution in [-0.2, 0) is 11.2 Å². The summed E-state index contributed by atoms with van der Waals surface area (Å²) in [5.41, 5.74) is 9.13. The third-order valence-electron chi connectivity index (χ3n) is 5.71. The number of thiophene rings is 1. The molecule has 10 heteroatoms. The van der Waals surface area contributed by atoms with Crippen molar-refractivity contribution in [3.63, 3.8) is 0 Å². The summed E-state index contributed by atoms with van der Waals surface area (Å²) in [4.78, 5) is 13.9. The molecule has 1 aromatic carbocycles. The predicted octanol–water partition coefficient (Wildman–Crippen LogP) is 4.21. The molecule has 1 aliphatic carbocycles. The fourth-order valence-electron chi connectivity index (χ4n) is 3.75. The van der Waals surface area contributed by atoms with E-state index in [0.717, 1.165) is 19.3 Å². The van der Waals surface area contributed by atoms with Crippen molar-refractivity contribution in [2.45, 2.75) is 28.7 Å². The van der Waals surface area contributed by atoms with E-state index in [1.54, 1.807) is 36.7 Å². The summed E-state index contributed by atoms with van der Waals surface area (Å²) in [6.45, 7) is 0.316. The van der Waals surface area contributed by atoms with Gasteiger partial charge in [0, 0.05) is 46.6 Å². The number of aliphatic hydroxyl groups excluding tert-OH is 1. The molecule has 0 amide bonds. The second-order valence-electron chi connectivity index (χ2n) is 7.81. The van der Waals surface area contributed by atoms with E-state index in [2.05, 4.69) is 15.3 Å². The van der Waals surface area contributed by atoms with E-state index in [0.29, 0.717) is 55.0 Å². The molecule has 4 N–H and O–H groups in total. The molecule has 0 saturated heterocycles. The van der Waals surface area contributed by atoms with Gasteiger partial charge in [-0.3, -0.25) is 0 Å². The Morgan fingerprint density at radius 2 is 1.97 bits per heavy atom. The molecule has 0 radical (unpaired) electrons. The van der Waals surface area contributed by atoms with Gasteiger partial charge in [-0.25, -0.2) is 19.3 Å². The zero-order valence-electron chi connectivity index (χ0n) is 17.6. The summed E-state index contributed by atoms with van der Waals surface area (Å²) in [6.07, 6.45) is 6.17. The summed E-state index contributed by atoms with van der Waals surface area (Å²) < 4.78 is 28.5. The number of nitrogens with one attached hydrogen (secondary N) is 1. The molecule has 3 aromatic heterocycles. The first-order valence-electron chi connectivity index (χ1n) is 10.6. The molecule has 5 rings (SSSR count). The van der Waals surface area contributed by atoms with Crippen molar-refractivity contribution in [3.05, 3.63) is 48.5 Å². The number of fused-ring (bicyclic) bond motifs is 1. The van der Waals surface area contributed by atoms with Gasteiger partial charge in [-0.15, -0.1) is 0 Å². The number of nitrogens with zero attached hydrogens (tertiary/aromatic N) is 3. The number of nitrogen functional groups attached to an aromatic ring is 1. The zero-order chi connectivity index (χ0) is 22.9. The standard InChI is InChI=1S/C23H22FN5O2S2/c24-17-7-2-1-6-15(17)16-10-18(13-11-27-23(28-12-13)26-8-9-30)29-21-19(16)20(25)22(32-21)33(31)14-4-3-5-14/h1-2,6-7,10-12,14,30H,3-5,8-9,25H2,(H,26,27,28). The molecule has 170 valence electrons. The maximum absolute atomic E-state index is 14.8. The number of hydrogen-bond donors (Lipinski definition) is 3. The summed E-state index contributed by atoms with van der Waals surface area (Å²) in [6, 6.07) is 8.29. The minimum absolute atomic E-state index is 0.0281. The number of halogens is 1. The molecular formula is C23H22FN5O2S2. The largest absolute Gasteiger partial charge is 0.611 e. The van der Waals surface area contributed by atoms with Gasteiger partial charge >= 0.3 is 0 Å². The van der Waals surface area contributed by atoms with Crippen LogP contribution < -0.4 is 11.1 Å². The van der Waals surface area contributed by atoms with Crippen molar-refractivity contribution < 1.29 is 14.0 Å². The van der Waals surface area contributed by atoms with Gasteiger partial charge in [-0.05, 0) is 37.0 Å².